The normalized spacial score (nSPS) is 7.60. The summed E-state index contributed by atoms with van der Waals surface area (Å²) in [7, 11) is -1.38. The zero-order valence-electron chi connectivity index (χ0n) is 5.82. The molecule has 0 amide bonds. The van der Waals surface area contributed by atoms with Gasteiger partial charge < -0.3 is 15.4 Å². The van der Waals surface area contributed by atoms with Gasteiger partial charge in [-0.1, -0.05) is 0 Å². The monoisotopic (exact) mass is 223 g/mol. The maximum atomic E-state index is 11.1. The van der Waals surface area contributed by atoms with Crippen LogP contribution in [-0.4, -0.2) is 9.13 Å². The molecule has 0 aliphatic carbocycles. The van der Waals surface area contributed by atoms with Crippen molar-refractivity contribution >= 4 is 20.5 Å². The van der Waals surface area contributed by atoms with Crippen LogP contribution in [0.5, 0.6) is 0 Å². The molecule has 61 valence electrons. The van der Waals surface area contributed by atoms with Gasteiger partial charge in [0.25, 0.3) is 9.13 Å². The van der Waals surface area contributed by atoms with Gasteiger partial charge in [0.1, 0.15) is 0 Å². The van der Waals surface area contributed by atoms with Crippen LogP contribution in [0.3, 0.4) is 0 Å². The number of hydrogen-bond acceptors (Lipinski definition) is 1. The van der Waals surface area contributed by atoms with E-state index in [-0.39, 0.29) is 17.1 Å². The fraction of sp³-hybridized carbons (Fsp3) is 0.333. The molecular formula is C6H9CuFSSi. The summed E-state index contributed by atoms with van der Waals surface area (Å²) in [5, 5.41) is 4.89. The molecule has 0 spiro atoms. The summed E-state index contributed by atoms with van der Waals surface area (Å²) in [4.78, 5) is 0. The van der Waals surface area contributed by atoms with Crippen LogP contribution >= 0.6 is 11.3 Å². The van der Waals surface area contributed by atoms with Crippen LogP contribution in [0, 0.1) is 5.38 Å². The standard InChI is InChI=1S/C4H3S.C2H6FSi.Cu/c1-2-4-5-3-1;1-4(2)3;/h1-3H;1-2H3;/q-1;;+1. The van der Waals surface area contributed by atoms with Gasteiger partial charge in [0.05, 0.1) is 0 Å². The molecule has 0 N–H and O–H groups in total. The molecule has 0 saturated heterocycles. The molecular weight excluding hydrogens is 215 g/mol. The predicted molar refractivity (Wildman–Crippen MR) is 41.7 cm³/mol. The van der Waals surface area contributed by atoms with Crippen molar-refractivity contribution in [1.29, 1.82) is 0 Å². The van der Waals surface area contributed by atoms with Crippen molar-refractivity contribution in [1.82, 2.24) is 0 Å². The Hall–Kier alpha value is 0.366. The SMILES string of the molecule is C[Si](C)F.[Cu+].[c-]1cccs1. The van der Waals surface area contributed by atoms with Crippen LogP contribution in [-0.2, 0) is 17.1 Å². The fourth-order valence-corrected chi connectivity index (χ4v) is 0.589. The smallest absolute Gasteiger partial charge is 0.315 e. The Bertz CT molecular complexity index is 101. The second-order valence-electron chi connectivity index (χ2n) is 1.61. The van der Waals surface area contributed by atoms with E-state index in [4.69, 9.17) is 0 Å². The van der Waals surface area contributed by atoms with Crippen molar-refractivity contribution in [2.45, 2.75) is 13.1 Å². The van der Waals surface area contributed by atoms with Crippen molar-refractivity contribution in [2.24, 2.45) is 0 Å². The first-order chi connectivity index (χ1) is 4.23. The molecule has 0 saturated carbocycles. The molecule has 0 aromatic carbocycles. The molecule has 0 aliphatic rings. The van der Waals surface area contributed by atoms with Crippen molar-refractivity contribution in [3.8, 4) is 0 Å². The Morgan fingerprint density at radius 1 is 1.50 bits per heavy atom. The van der Waals surface area contributed by atoms with Gasteiger partial charge in [-0.15, -0.1) is 5.38 Å². The van der Waals surface area contributed by atoms with Gasteiger partial charge in [0.15, 0.2) is 0 Å². The molecule has 4 heteroatoms. The van der Waals surface area contributed by atoms with Crippen LogP contribution in [0.2, 0.25) is 13.1 Å². The topological polar surface area (TPSA) is 0 Å². The second-order valence-corrected chi connectivity index (χ2v) is 4.11. The third kappa shape index (κ3) is 15.8. The molecule has 1 radical (unpaired) electrons. The molecule has 10 heavy (non-hydrogen) atoms. The Kier molecular flexibility index (Phi) is 12.2. The third-order valence-corrected chi connectivity index (χ3v) is 0.944. The molecule has 0 nitrogen and oxygen atoms in total. The Labute approximate surface area is 77.7 Å². The Balaban J connectivity index is 0. The van der Waals surface area contributed by atoms with E-state index in [9.17, 15) is 4.11 Å². The van der Waals surface area contributed by atoms with E-state index in [0.29, 0.717) is 0 Å². The molecule has 0 aliphatic heterocycles. The summed E-state index contributed by atoms with van der Waals surface area (Å²) in [5.41, 5.74) is 0. The summed E-state index contributed by atoms with van der Waals surface area (Å²) in [6, 6.07) is 3.86. The van der Waals surface area contributed by atoms with Gasteiger partial charge in [0.2, 0.25) is 0 Å². The van der Waals surface area contributed by atoms with Crippen molar-refractivity contribution < 1.29 is 21.2 Å². The number of hydrogen-bond donors (Lipinski definition) is 0. The van der Waals surface area contributed by atoms with E-state index in [1.54, 1.807) is 24.4 Å². The van der Waals surface area contributed by atoms with Crippen LogP contribution in [0.1, 0.15) is 0 Å². The minimum atomic E-state index is -1.38. The minimum absolute atomic E-state index is 0. The van der Waals surface area contributed by atoms with Crippen LogP contribution in [0.4, 0.5) is 4.11 Å². The molecule has 1 aromatic heterocycles. The third-order valence-electron chi connectivity index (χ3n) is 0.379. The van der Waals surface area contributed by atoms with Crippen LogP contribution < -0.4 is 0 Å². The maximum Gasteiger partial charge on any atom is 1.00 e. The Morgan fingerprint density at radius 3 is 2.10 bits per heavy atom. The largest absolute Gasteiger partial charge is 1.00 e. The predicted octanol–water partition coefficient (Wildman–Crippen LogP) is 2.75. The van der Waals surface area contributed by atoms with E-state index in [1.165, 1.54) is 0 Å². The first kappa shape index (κ1) is 13.0. The molecule has 0 bridgehead atoms. The van der Waals surface area contributed by atoms with Crippen molar-refractivity contribution in [2.75, 3.05) is 0 Å². The molecule has 1 rings (SSSR count). The summed E-state index contributed by atoms with van der Waals surface area (Å²) < 4.78 is 11.1. The van der Waals surface area contributed by atoms with E-state index >= 15 is 0 Å². The molecule has 0 unspecified atom stereocenters. The molecule has 0 fully saturated rings. The average Bonchev–Trinajstić information content (AvgIpc) is 2.11. The van der Waals surface area contributed by atoms with E-state index < -0.39 is 9.13 Å². The fourth-order valence-electron chi connectivity index (χ4n) is 0.196. The summed E-state index contributed by atoms with van der Waals surface area (Å²) in [5.74, 6) is 0. The van der Waals surface area contributed by atoms with Crippen molar-refractivity contribution in [3.05, 3.63) is 22.9 Å². The summed E-state index contributed by atoms with van der Waals surface area (Å²) in [6.45, 7) is 3.20. The zero-order valence-corrected chi connectivity index (χ0v) is 8.58. The van der Waals surface area contributed by atoms with E-state index in [0.717, 1.165) is 0 Å². The molecule has 1 aromatic rings. The van der Waals surface area contributed by atoms with Gasteiger partial charge in [-0.2, -0.15) is 11.4 Å². The minimum Gasteiger partial charge on any atom is -0.315 e. The van der Waals surface area contributed by atoms with E-state index in [2.05, 4.69) is 5.38 Å². The maximum absolute atomic E-state index is 11.1. The first-order valence-corrected chi connectivity index (χ1v) is 5.84. The van der Waals surface area contributed by atoms with Gasteiger partial charge in [-0.3, -0.25) is 0 Å². The first-order valence-electron chi connectivity index (χ1n) is 2.58. The second kappa shape index (κ2) is 9.37. The average molecular weight is 224 g/mol. The van der Waals surface area contributed by atoms with Crippen LogP contribution in [0.15, 0.2) is 17.5 Å². The zero-order chi connectivity index (χ0) is 7.11. The van der Waals surface area contributed by atoms with Gasteiger partial charge in [-0.25, -0.2) is 6.07 Å². The van der Waals surface area contributed by atoms with Crippen LogP contribution in [0.25, 0.3) is 0 Å². The summed E-state index contributed by atoms with van der Waals surface area (Å²) in [6.07, 6.45) is 0. The number of rotatable bonds is 0. The molecule has 0 atom stereocenters. The van der Waals surface area contributed by atoms with Gasteiger partial charge >= 0.3 is 17.1 Å². The number of thiophene rings is 1. The van der Waals surface area contributed by atoms with Gasteiger partial charge in [0, 0.05) is 0 Å². The number of halogens is 1. The molecule has 1 heterocycles. The van der Waals surface area contributed by atoms with E-state index in [1.807, 2.05) is 17.5 Å². The summed E-state index contributed by atoms with van der Waals surface area (Å²) >= 11 is 1.59. The van der Waals surface area contributed by atoms with Crippen molar-refractivity contribution in [3.63, 3.8) is 0 Å². The van der Waals surface area contributed by atoms with Gasteiger partial charge in [-0.05, 0) is 13.1 Å². The Morgan fingerprint density at radius 2 is 2.00 bits per heavy atom. The quantitative estimate of drug-likeness (QED) is 0.361.